The van der Waals surface area contributed by atoms with Gasteiger partial charge in [0.1, 0.15) is 0 Å². The second-order valence-electron chi connectivity index (χ2n) is 3.48. The fourth-order valence-corrected chi connectivity index (χ4v) is 0.746. The Kier molecular flexibility index (Phi) is 4.03. The molecule has 0 aliphatic carbocycles. The molecule has 1 unspecified atom stereocenters. The fraction of sp³-hybridized carbons (Fsp3) is 1.00. The maximum absolute atomic E-state index is 12.0. The zero-order valence-electron chi connectivity index (χ0n) is 7.94. The van der Waals surface area contributed by atoms with E-state index in [4.69, 9.17) is 0 Å². The van der Waals surface area contributed by atoms with E-state index < -0.39 is 12.1 Å². The highest BCUT2D eigenvalue weighted by molar-refractivity contribution is 4.68. The van der Waals surface area contributed by atoms with E-state index >= 15 is 0 Å². The number of rotatable bonds is 3. The second kappa shape index (κ2) is 4.12. The van der Waals surface area contributed by atoms with E-state index in [9.17, 15) is 13.2 Å². The molecule has 1 nitrogen and oxygen atoms in total. The lowest BCUT2D eigenvalue weighted by molar-refractivity contribution is -0.174. The molecule has 0 aliphatic heterocycles. The van der Waals surface area contributed by atoms with E-state index in [2.05, 4.69) is 0 Å². The van der Waals surface area contributed by atoms with Crippen molar-refractivity contribution in [1.29, 1.82) is 0 Å². The lowest BCUT2D eigenvalue weighted by Crippen LogP contribution is -2.36. The van der Waals surface area contributed by atoms with Crippen molar-refractivity contribution >= 4 is 0 Å². The minimum Gasteiger partial charge on any atom is -0.303 e. The quantitative estimate of drug-likeness (QED) is 0.649. The van der Waals surface area contributed by atoms with Crippen molar-refractivity contribution in [1.82, 2.24) is 4.90 Å². The Bertz CT molecular complexity index is 131. The maximum Gasteiger partial charge on any atom is 0.392 e. The van der Waals surface area contributed by atoms with Crippen LogP contribution in [-0.2, 0) is 0 Å². The Balaban J connectivity index is 3.93. The zero-order valence-corrected chi connectivity index (χ0v) is 7.94. The molecular formula is C8H16F3N. The summed E-state index contributed by atoms with van der Waals surface area (Å²) in [5.74, 6) is -1.25. The van der Waals surface area contributed by atoms with Gasteiger partial charge in [-0.1, -0.05) is 6.92 Å². The van der Waals surface area contributed by atoms with Gasteiger partial charge >= 0.3 is 6.18 Å². The van der Waals surface area contributed by atoms with Crippen molar-refractivity contribution in [2.24, 2.45) is 5.92 Å². The van der Waals surface area contributed by atoms with Crippen molar-refractivity contribution in [3.05, 3.63) is 0 Å². The zero-order chi connectivity index (χ0) is 9.94. The van der Waals surface area contributed by atoms with Crippen LogP contribution in [0, 0.1) is 5.92 Å². The Morgan fingerprint density at radius 1 is 1.17 bits per heavy atom. The summed E-state index contributed by atoms with van der Waals surface area (Å²) >= 11 is 0. The van der Waals surface area contributed by atoms with Gasteiger partial charge in [0.15, 0.2) is 0 Å². The molecule has 0 heterocycles. The third-order valence-corrected chi connectivity index (χ3v) is 2.00. The normalized spacial score (nSPS) is 15.8. The Labute approximate surface area is 71.6 Å². The van der Waals surface area contributed by atoms with E-state index in [1.807, 2.05) is 13.8 Å². The summed E-state index contributed by atoms with van der Waals surface area (Å²) in [5, 5.41) is 0. The lowest BCUT2D eigenvalue weighted by atomic mass is 10.1. The molecule has 0 fully saturated rings. The van der Waals surface area contributed by atoms with Gasteiger partial charge in [0, 0.05) is 12.6 Å². The molecule has 0 rings (SSSR count). The van der Waals surface area contributed by atoms with E-state index in [1.165, 1.54) is 6.92 Å². The van der Waals surface area contributed by atoms with E-state index in [0.29, 0.717) is 0 Å². The van der Waals surface area contributed by atoms with Gasteiger partial charge in [-0.25, -0.2) is 0 Å². The van der Waals surface area contributed by atoms with Crippen molar-refractivity contribution in [2.75, 3.05) is 13.6 Å². The van der Waals surface area contributed by atoms with Crippen molar-refractivity contribution < 1.29 is 13.2 Å². The molecule has 1 atom stereocenters. The fourth-order valence-electron chi connectivity index (χ4n) is 0.746. The first-order valence-electron chi connectivity index (χ1n) is 4.02. The molecule has 0 N–H and O–H groups in total. The predicted molar refractivity (Wildman–Crippen MR) is 43.0 cm³/mol. The summed E-state index contributed by atoms with van der Waals surface area (Å²) in [4.78, 5) is 1.69. The van der Waals surface area contributed by atoms with E-state index in [1.54, 1.807) is 11.9 Å². The van der Waals surface area contributed by atoms with E-state index in [0.717, 1.165) is 0 Å². The predicted octanol–water partition coefficient (Wildman–Crippen LogP) is 2.53. The number of nitrogens with zero attached hydrogens (tertiary/aromatic N) is 1. The average molecular weight is 183 g/mol. The largest absolute Gasteiger partial charge is 0.392 e. The van der Waals surface area contributed by atoms with E-state index in [-0.39, 0.29) is 12.6 Å². The highest BCUT2D eigenvalue weighted by Gasteiger charge is 2.36. The molecule has 0 aliphatic rings. The molecule has 0 spiro atoms. The number of hydrogen-bond donors (Lipinski definition) is 0. The monoisotopic (exact) mass is 183 g/mol. The van der Waals surface area contributed by atoms with Crippen LogP contribution >= 0.6 is 0 Å². The molecular weight excluding hydrogens is 167 g/mol. The van der Waals surface area contributed by atoms with Crippen LogP contribution in [0.4, 0.5) is 13.2 Å². The van der Waals surface area contributed by atoms with Crippen molar-refractivity contribution in [2.45, 2.75) is 33.0 Å². The maximum atomic E-state index is 12.0. The molecule has 0 amide bonds. The molecule has 0 saturated heterocycles. The summed E-state index contributed by atoms with van der Waals surface area (Å²) in [5.41, 5.74) is 0. The molecule has 0 aromatic heterocycles. The van der Waals surface area contributed by atoms with Crippen LogP contribution in [0.1, 0.15) is 20.8 Å². The van der Waals surface area contributed by atoms with Crippen molar-refractivity contribution in [3.8, 4) is 0 Å². The minimum absolute atomic E-state index is 0.0706. The van der Waals surface area contributed by atoms with Gasteiger partial charge in [-0.3, -0.25) is 0 Å². The number of hydrogen-bond acceptors (Lipinski definition) is 1. The summed E-state index contributed by atoms with van der Waals surface area (Å²) in [7, 11) is 1.70. The van der Waals surface area contributed by atoms with Gasteiger partial charge in [-0.2, -0.15) is 13.2 Å². The van der Waals surface area contributed by atoms with Crippen LogP contribution in [0.3, 0.4) is 0 Å². The molecule has 0 aromatic rings. The van der Waals surface area contributed by atoms with Gasteiger partial charge < -0.3 is 4.90 Å². The van der Waals surface area contributed by atoms with Gasteiger partial charge in [-0.05, 0) is 20.9 Å². The third-order valence-electron chi connectivity index (χ3n) is 2.00. The van der Waals surface area contributed by atoms with Crippen LogP contribution in [-0.4, -0.2) is 30.7 Å². The second-order valence-corrected chi connectivity index (χ2v) is 3.48. The van der Waals surface area contributed by atoms with Crippen LogP contribution in [0.25, 0.3) is 0 Å². The molecule has 0 aromatic carbocycles. The summed E-state index contributed by atoms with van der Waals surface area (Å²) in [6.07, 6.45) is -4.07. The minimum atomic E-state index is -4.07. The third kappa shape index (κ3) is 3.95. The summed E-state index contributed by atoms with van der Waals surface area (Å²) in [6.45, 7) is 5.03. The van der Waals surface area contributed by atoms with Crippen molar-refractivity contribution in [3.63, 3.8) is 0 Å². The standard InChI is InChI=1S/C8H16F3N/c1-6(2)12(4)5-7(3)8(9,10)11/h6-7H,5H2,1-4H3. The number of alkyl halides is 3. The van der Waals surface area contributed by atoms with Crippen LogP contribution in [0.5, 0.6) is 0 Å². The molecule has 0 radical (unpaired) electrons. The van der Waals surface area contributed by atoms with Gasteiger partial charge in [0.2, 0.25) is 0 Å². The Morgan fingerprint density at radius 3 is 1.83 bits per heavy atom. The lowest BCUT2D eigenvalue weighted by Gasteiger charge is -2.25. The highest BCUT2D eigenvalue weighted by Crippen LogP contribution is 2.26. The number of halogens is 3. The molecule has 12 heavy (non-hydrogen) atoms. The molecule has 4 heteroatoms. The van der Waals surface area contributed by atoms with Crippen LogP contribution < -0.4 is 0 Å². The SMILES string of the molecule is CC(C)N(C)CC(C)C(F)(F)F. The average Bonchev–Trinajstić information content (AvgIpc) is 1.85. The van der Waals surface area contributed by atoms with Gasteiger partial charge in [0.05, 0.1) is 5.92 Å². The first-order valence-corrected chi connectivity index (χ1v) is 4.02. The first kappa shape index (κ1) is 11.8. The Morgan fingerprint density at radius 2 is 1.58 bits per heavy atom. The van der Waals surface area contributed by atoms with Crippen LogP contribution in [0.15, 0.2) is 0 Å². The first-order chi connectivity index (χ1) is 5.25. The summed E-state index contributed by atoms with van der Waals surface area (Å²) < 4.78 is 36.1. The highest BCUT2D eigenvalue weighted by atomic mass is 19.4. The topological polar surface area (TPSA) is 3.24 Å². The molecule has 74 valence electrons. The molecule has 0 bridgehead atoms. The summed E-state index contributed by atoms with van der Waals surface area (Å²) in [6, 6.07) is 0.162. The van der Waals surface area contributed by atoms with Gasteiger partial charge in [-0.15, -0.1) is 0 Å². The Hall–Kier alpha value is -0.250. The smallest absolute Gasteiger partial charge is 0.303 e. The van der Waals surface area contributed by atoms with Gasteiger partial charge in [0.25, 0.3) is 0 Å². The molecule has 0 saturated carbocycles. The van der Waals surface area contributed by atoms with Crippen LogP contribution in [0.2, 0.25) is 0 Å².